The zero-order valence-corrected chi connectivity index (χ0v) is 9.56. The van der Waals surface area contributed by atoms with Crippen LogP contribution in [0.2, 0.25) is 0 Å². The van der Waals surface area contributed by atoms with Gasteiger partial charge in [0.1, 0.15) is 5.82 Å². The van der Waals surface area contributed by atoms with Gasteiger partial charge in [0.05, 0.1) is 0 Å². The first kappa shape index (κ1) is 10.3. The Morgan fingerprint density at radius 2 is 2.27 bits per heavy atom. The maximum Gasteiger partial charge on any atom is 0.182 e. The van der Waals surface area contributed by atoms with Crippen molar-refractivity contribution < 1.29 is 8.42 Å². The second-order valence-electron chi connectivity index (χ2n) is 3.55. The molecule has 0 unspecified atom stereocenters. The summed E-state index contributed by atoms with van der Waals surface area (Å²) in [5.41, 5.74) is 0. The van der Waals surface area contributed by atoms with E-state index in [-0.39, 0.29) is 4.90 Å². The molecule has 15 heavy (non-hydrogen) atoms. The average Bonchev–Trinajstić information content (AvgIpc) is 2.54. The molecule has 0 saturated heterocycles. The van der Waals surface area contributed by atoms with Crippen LogP contribution < -0.4 is 10.6 Å². The van der Waals surface area contributed by atoms with Crippen molar-refractivity contribution >= 4 is 21.5 Å². The van der Waals surface area contributed by atoms with Crippen LogP contribution in [0.4, 0.5) is 11.6 Å². The Bertz CT molecular complexity index is 477. The fourth-order valence-electron chi connectivity index (χ4n) is 1.73. The van der Waals surface area contributed by atoms with Gasteiger partial charge in [0.2, 0.25) is 0 Å². The maximum absolute atomic E-state index is 11.6. The number of sulfone groups is 1. The molecule has 2 rings (SSSR count). The molecule has 0 bridgehead atoms. The molecule has 84 valence electrons. The van der Waals surface area contributed by atoms with E-state index < -0.39 is 9.84 Å². The standard InChI is InChI=1S/C8H14N4O2S/c1-9-7-6(15(2,13)14)8-10-4-3-5-12(8)11-7/h10H,3-5H2,1-2H3,(H,9,11). The Kier molecular flexibility index (Phi) is 2.34. The third kappa shape index (κ3) is 1.67. The highest BCUT2D eigenvalue weighted by molar-refractivity contribution is 7.91. The molecule has 0 spiro atoms. The molecule has 0 aliphatic carbocycles. The van der Waals surface area contributed by atoms with E-state index in [2.05, 4.69) is 15.7 Å². The Labute approximate surface area is 88.6 Å². The minimum atomic E-state index is -3.25. The van der Waals surface area contributed by atoms with E-state index in [1.807, 2.05) is 0 Å². The third-order valence-corrected chi connectivity index (χ3v) is 3.48. The number of hydrogen-bond donors (Lipinski definition) is 2. The Morgan fingerprint density at radius 3 is 2.87 bits per heavy atom. The number of anilines is 2. The van der Waals surface area contributed by atoms with Gasteiger partial charge in [-0.2, -0.15) is 5.10 Å². The van der Waals surface area contributed by atoms with E-state index in [0.717, 1.165) is 19.5 Å². The Hall–Kier alpha value is -1.24. The zero-order chi connectivity index (χ0) is 11.1. The predicted octanol–water partition coefficient (Wildman–Crippen LogP) is 0.144. The van der Waals surface area contributed by atoms with Crippen LogP contribution >= 0.6 is 0 Å². The molecule has 2 N–H and O–H groups in total. The van der Waals surface area contributed by atoms with Gasteiger partial charge in [0.15, 0.2) is 20.6 Å². The lowest BCUT2D eigenvalue weighted by Gasteiger charge is -2.15. The summed E-state index contributed by atoms with van der Waals surface area (Å²) in [7, 11) is -1.58. The van der Waals surface area contributed by atoms with Gasteiger partial charge < -0.3 is 10.6 Å². The van der Waals surface area contributed by atoms with Crippen molar-refractivity contribution in [3.8, 4) is 0 Å². The monoisotopic (exact) mass is 230 g/mol. The number of nitrogens with one attached hydrogen (secondary N) is 2. The van der Waals surface area contributed by atoms with Gasteiger partial charge in [0, 0.05) is 26.4 Å². The van der Waals surface area contributed by atoms with E-state index >= 15 is 0 Å². The van der Waals surface area contributed by atoms with E-state index in [4.69, 9.17) is 0 Å². The number of aromatic nitrogens is 2. The van der Waals surface area contributed by atoms with Crippen molar-refractivity contribution in [2.75, 3.05) is 30.5 Å². The largest absolute Gasteiger partial charge is 0.371 e. The predicted molar refractivity (Wildman–Crippen MR) is 58.0 cm³/mol. The van der Waals surface area contributed by atoms with Crippen LogP contribution in [0.5, 0.6) is 0 Å². The molecule has 0 atom stereocenters. The van der Waals surface area contributed by atoms with Crippen LogP contribution in [-0.2, 0) is 16.4 Å². The number of fused-ring (bicyclic) bond motifs is 1. The van der Waals surface area contributed by atoms with Gasteiger partial charge in [-0.1, -0.05) is 0 Å². The van der Waals surface area contributed by atoms with Crippen molar-refractivity contribution in [1.82, 2.24) is 9.78 Å². The van der Waals surface area contributed by atoms with Crippen LogP contribution in [0.25, 0.3) is 0 Å². The molecular formula is C8H14N4O2S. The Morgan fingerprint density at radius 1 is 1.53 bits per heavy atom. The minimum absolute atomic E-state index is 0.268. The molecule has 0 saturated carbocycles. The molecule has 0 aromatic carbocycles. The Balaban J connectivity index is 2.65. The zero-order valence-electron chi connectivity index (χ0n) is 8.74. The van der Waals surface area contributed by atoms with Crippen LogP contribution in [0, 0.1) is 0 Å². The second-order valence-corrected chi connectivity index (χ2v) is 5.50. The van der Waals surface area contributed by atoms with Crippen LogP contribution in [0.3, 0.4) is 0 Å². The van der Waals surface area contributed by atoms with E-state index in [9.17, 15) is 8.42 Å². The second kappa shape index (κ2) is 3.41. The van der Waals surface area contributed by atoms with Gasteiger partial charge in [-0.05, 0) is 6.42 Å². The van der Waals surface area contributed by atoms with Gasteiger partial charge in [-0.3, -0.25) is 0 Å². The molecule has 1 aromatic heterocycles. The minimum Gasteiger partial charge on any atom is -0.371 e. The van der Waals surface area contributed by atoms with Gasteiger partial charge >= 0.3 is 0 Å². The normalized spacial score (nSPS) is 15.6. The number of nitrogens with zero attached hydrogens (tertiary/aromatic N) is 2. The van der Waals surface area contributed by atoms with Crippen molar-refractivity contribution in [2.24, 2.45) is 0 Å². The number of rotatable bonds is 2. The molecule has 0 fully saturated rings. The highest BCUT2D eigenvalue weighted by Crippen LogP contribution is 2.30. The molecular weight excluding hydrogens is 216 g/mol. The van der Waals surface area contributed by atoms with Crippen LogP contribution in [0.15, 0.2) is 4.90 Å². The van der Waals surface area contributed by atoms with E-state index in [1.165, 1.54) is 6.26 Å². The quantitative estimate of drug-likeness (QED) is 0.756. The van der Waals surface area contributed by atoms with E-state index in [0.29, 0.717) is 11.6 Å². The van der Waals surface area contributed by atoms with Crippen molar-refractivity contribution in [3.05, 3.63) is 0 Å². The lowest BCUT2D eigenvalue weighted by atomic mass is 10.3. The fourth-order valence-corrected chi connectivity index (χ4v) is 2.75. The lowest BCUT2D eigenvalue weighted by molar-refractivity contribution is 0.566. The summed E-state index contributed by atoms with van der Waals surface area (Å²) in [4.78, 5) is 0.268. The number of hydrogen-bond acceptors (Lipinski definition) is 5. The first-order valence-corrected chi connectivity index (χ1v) is 6.65. The lowest BCUT2D eigenvalue weighted by Crippen LogP contribution is -2.18. The SMILES string of the molecule is CNc1nn2c(c1S(C)(=O)=O)NCCC2. The molecule has 0 amide bonds. The molecule has 1 aliphatic heterocycles. The third-order valence-electron chi connectivity index (χ3n) is 2.36. The smallest absolute Gasteiger partial charge is 0.182 e. The molecule has 6 nitrogen and oxygen atoms in total. The summed E-state index contributed by atoms with van der Waals surface area (Å²) >= 11 is 0. The maximum atomic E-state index is 11.6. The van der Waals surface area contributed by atoms with Crippen LogP contribution in [0.1, 0.15) is 6.42 Å². The first-order valence-electron chi connectivity index (χ1n) is 4.76. The molecule has 7 heteroatoms. The van der Waals surface area contributed by atoms with E-state index in [1.54, 1.807) is 11.7 Å². The summed E-state index contributed by atoms with van der Waals surface area (Å²) in [6.45, 7) is 1.55. The highest BCUT2D eigenvalue weighted by atomic mass is 32.2. The molecule has 1 aromatic rings. The van der Waals surface area contributed by atoms with Gasteiger partial charge in [-0.25, -0.2) is 13.1 Å². The number of aryl methyl sites for hydroxylation is 1. The van der Waals surface area contributed by atoms with Crippen molar-refractivity contribution in [2.45, 2.75) is 17.9 Å². The highest BCUT2D eigenvalue weighted by Gasteiger charge is 2.26. The van der Waals surface area contributed by atoms with Crippen molar-refractivity contribution in [3.63, 3.8) is 0 Å². The summed E-state index contributed by atoms with van der Waals surface area (Å²) in [6.07, 6.45) is 2.16. The molecule has 2 heterocycles. The average molecular weight is 230 g/mol. The van der Waals surface area contributed by atoms with Crippen LogP contribution in [-0.4, -0.2) is 38.0 Å². The fraction of sp³-hybridized carbons (Fsp3) is 0.625. The summed E-state index contributed by atoms with van der Waals surface area (Å²) in [6, 6.07) is 0. The topological polar surface area (TPSA) is 76.0 Å². The summed E-state index contributed by atoms with van der Waals surface area (Å²) in [5.74, 6) is 1.02. The first-order chi connectivity index (χ1) is 7.04. The summed E-state index contributed by atoms with van der Waals surface area (Å²) < 4.78 is 24.9. The van der Waals surface area contributed by atoms with Crippen molar-refractivity contribution in [1.29, 1.82) is 0 Å². The van der Waals surface area contributed by atoms with Gasteiger partial charge in [0.25, 0.3) is 0 Å². The van der Waals surface area contributed by atoms with Gasteiger partial charge in [-0.15, -0.1) is 0 Å². The summed E-state index contributed by atoms with van der Waals surface area (Å²) in [5, 5.41) is 10.1. The molecule has 0 radical (unpaired) electrons. The molecule has 1 aliphatic rings.